The van der Waals surface area contributed by atoms with Gasteiger partial charge >= 0.3 is 0 Å². The van der Waals surface area contributed by atoms with Crippen LogP contribution in [0.5, 0.6) is 11.5 Å². The van der Waals surface area contributed by atoms with Crippen LogP contribution in [0.1, 0.15) is 59.1 Å². The molecule has 0 radical (unpaired) electrons. The van der Waals surface area contributed by atoms with Crippen LogP contribution >= 0.6 is 0 Å². The average molecular weight is 279 g/mol. The van der Waals surface area contributed by atoms with Crippen LogP contribution in [0.2, 0.25) is 0 Å². The zero-order chi connectivity index (χ0) is 15.3. The van der Waals surface area contributed by atoms with Gasteiger partial charge in [-0.25, -0.2) is 0 Å². The van der Waals surface area contributed by atoms with E-state index in [-0.39, 0.29) is 17.5 Å². The summed E-state index contributed by atoms with van der Waals surface area (Å²) in [5.41, 5.74) is 0.968. The zero-order valence-electron chi connectivity index (χ0n) is 13.4. The van der Waals surface area contributed by atoms with Crippen molar-refractivity contribution in [2.24, 2.45) is 5.92 Å². The minimum atomic E-state index is 0.126. The Morgan fingerprint density at radius 3 is 1.85 bits per heavy atom. The minimum Gasteiger partial charge on any atom is -0.508 e. The molecule has 1 aromatic carbocycles. The highest BCUT2D eigenvalue weighted by Crippen LogP contribution is 2.31. The Bertz CT molecular complexity index is 393. The first-order chi connectivity index (χ1) is 9.38. The fourth-order valence-electron chi connectivity index (χ4n) is 2.85. The summed E-state index contributed by atoms with van der Waals surface area (Å²) in [6, 6.07) is 5.58. The van der Waals surface area contributed by atoms with Crippen molar-refractivity contribution in [3.8, 4) is 11.5 Å². The fourth-order valence-corrected chi connectivity index (χ4v) is 2.85. The topological polar surface area (TPSA) is 43.7 Å². The van der Waals surface area contributed by atoms with E-state index in [1.54, 1.807) is 12.1 Å². The summed E-state index contributed by atoms with van der Waals surface area (Å²) in [7, 11) is 0. The lowest BCUT2D eigenvalue weighted by Gasteiger charge is -2.37. The van der Waals surface area contributed by atoms with Gasteiger partial charge in [-0.1, -0.05) is 27.7 Å². The highest BCUT2D eigenvalue weighted by Gasteiger charge is 2.23. The van der Waals surface area contributed by atoms with E-state index in [1.165, 1.54) is 6.07 Å². The molecular formula is C17H29NO2. The molecule has 0 bridgehead atoms. The molecule has 0 aliphatic carbocycles. The number of phenols is 2. The Hall–Kier alpha value is -1.22. The maximum Gasteiger partial charge on any atom is 0.119 e. The maximum absolute atomic E-state index is 9.68. The standard InChI is InChI=1S/C17H29NO2/c1-6-15(7-2)18(11-12(3)4)13(5)14-8-16(19)10-17(20)9-14/h8-10,12-13,15,19-20H,6-7,11H2,1-5H3. The van der Waals surface area contributed by atoms with Gasteiger partial charge in [-0.3, -0.25) is 4.90 Å². The summed E-state index contributed by atoms with van der Waals surface area (Å²) >= 11 is 0. The van der Waals surface area contributed by atoms with Crippen LogP contribution in [0.25, 0.3) is 0 Å². The van der Waals surface area contributed by atoms with Crippen molar-refractivity contribution in [2.45, 2.75) is 59.5 Å². The van der Waals surface area contributed by atoms with Gasteiger partial charge in [0.05, 0.1) is 0 Å². The quantitative estimate of drug-likeness (QED) is 0.782. The van der Waals surface area contributed by atoms with E-state index >= 15 is 0 Å². The zero-order valence-corrected chi connectivity index (χ0v) is 13.4. The van der Waals surface area contributed by atoms with Gasteiger partial charge in [0, 0.05) is 24.7 Å². The molecule has 0 fully saturated rings. The van der Waals surface area contributed by atoms with Crippen molar-refractivity contribution in [1.29, 1.82) is 0 Å². The summed E-state index contributed by atoms with van der Waals surface area (Å²) in [6.45, 7) is 12.0. The molecule has 1 rings (SSSR count). The second-order valence-corrected chi connectivity index (χ2v) is 6.02. The van der Waals surface area contributed by atoms with Crippen LogP contribution in [0.15, 0.2) is 18.2 Å². The van der Waals surface area contributed by atoms with Crippen molar-refractivity contribution in [2.75, 3.05) is 6.54 Å². The SMILES string of the molecule is CCC(CC)N(CC(C)C)C(C)c1cc(O)cc(O)c1. The molecule has 2 N–H and O–H groups in total. The number of nitrogens with zero attached hydrogens (tertiary/aromatic N) is 1. The molecule has 0 spiro atoms. The molecule has 1 aromatic rings. The molecule has 3 heteroatoms. The third-order valence-corrected chi connectivity index (χ3v) is 3.89. The van der Waals surface area contributed by atoms with Gasteiger partial charge in [-0.15, -0.1) is 0 Å². The van der Waals surface area contributed by atoms with Gasteiger partial charge in [-0.05, 0) is 43.4 Å². The molecule has 0 heterocycles. The molecule has 3 nitrogen and oxygen atoms in total. The van der Waals surface area contributed by atoms with E-state index in [4.69, 9.17) is 0 Å². The van der Waals surface area contributed by atoms with E-state index in [9.17, 15) is 10.2 Å². The van der Waals surface area contributed by atoms with E-state index in [0.717, 1.165) is 24.9 Å². The number of aromatic hydroxyl groups is 2. The highest BCUT2D eigenvalue weighted by atomic mass is 16.3. The number of rotatable bonds is 7. The minimum absolute atomic E-state index is 0.126. The first kappa shape index (κ1) is 16.8. The number of benzene rings is 1. The molecule has 0 aliphatic heterocycles. The van der Waals surface area contributed by atoms with Crippen LogP contribution in [-0.4, -0.2) is 27.7 Å². The largest absolute Gasteiger partial charge is 0.508 e. The Kier molecular flexibility index (Phi) is 6.34. The first-order valence-corrected chi connectivity index (χ1v) is 7.67. The van der Waals surface area contributed by atoms with Crippen molar-refractivity contribution in [3.05, 3.63) is 23.8 Å². The lowest BCUT2D eigenvalue weighted by atomic mass is 10.00. The number of hydrogen-bond acceptors (Lipinski definition) is 3. The third kappa shape index (κ3) is 4.41. The lowest BCUT2D eigenvalue weighted by Crippen LogP contribution is -2.39. The van der Waals surface area contributed by atoms with Gasteiger partial charge < -0.3 is 10.2 Å². The molecular weight excluding hydrogens is 250 g/mol. The monoisotopic (exact) mass is 279 g/mol. The first-order valence-electron chi connectivity index (χ1n) is 7.67. The molecule has 20 heavy (non-hydrogen) atoms. The molecule has 114 valence electrons. The van der Waals surface area contributed by atoms with Gasteiger partial charge in [0.15, 0.2) is 0 Å². The molecule has 0 amide bonds. The predicted octanol–water partition coefficient (Wildman–Crippen LogP) is 4.31. The Morgan fingerprint density at radius 1 is 0.950 bits per heavy atom. The second kappa shape index (κ2) is 7.53. The summed E-state index contributed by atoms with van der Waals surface area (Å²) in [4.78, 5) is 2.48. The summed E-state index contributed by atoms with van der Waals surface area (Å²) < 4.78 is 0. The Labute approximate surface area is 123 Å². The smallest absolute Gasteiger partial charge is 0.119 e. The van der Waals surface area contributed by atoms with Gasteiger partial charge in [0.2, 0.25) is 0 Å². The van der Waals surface area contributed by atoms with Crippen LogP contribution in [0, 0.1) is 5.92 Å². The van der Waals surface area contributed by atoms with Gasteiger partial charge in [0.1, 0.15) is 11.5 Å². The second-order valence-electron chi connectivity index (χ2n) is 6.02. The van der Waals surface area contributed by atoms with E-state index < -0.39 is 0 Å². The number of phenolic OH excluding ortho intramolecular Hbond substituents is 2. The van der Waals surface area contributed by atoms with Crippen molar-refractivity contribution >= 4 is 0 Å². The van der Waals surface area contributed by atoms with Crippen molar-refractivity contribution < 1.29 is 10.2 Å². The van der Waals surface area contributed by atoms with E-state index in [1.807, 2.05) is 0 Å². The average Bonchev–Trinajstić information content (AvgIpc) is 2.36. The van der Waals surface area contributed by atoms with Crippen LogP contribution in [-0.2, 0) is 0 Å². The number of hydrogen-bond donors (Lipinski definition) is 2. The molecule has 1 atom stereocenters. The van der Waals surface area contributed by atoms with Crippen LogP contribution < -0.4 is 0 Å². The summed E-state index contributed by atoms with van der Waals surface area (Å²) in [5.74, 6) is 0.839. The van der Waals surface area contributed by atoms with E-state index in [0.29, 0.717) is 12.0 Å². The van der Waals surface area contributed by atoms with E-state index in [2.05, 4.69) is 39.5 Å². The normalized spacial score (nSPS) is 13.4. The predicted molar refractivity (Wildman–Crippen MR) is 84.1 cm³/mol. The van der Waals surface area contributed by atoms with Crippen LogP contribution in [0.3, 0.4) is 0 Å². The molecule has 0 saturated carbocycles. The highest BCUT2D eigenvalue weighted by molar-refractivity contribution is 5.38. The van der Waals surface area contributed by atoms with Crippen molar-refractivity contribution in [1.82, 2.24) is 4.90 Å². The van der Waals surface area contributed by atoms with Gasteiger partial charge in [-0.2, -0.15) is 0 Å². The van der Waals surface area contributed by atoms with Gasteiger partial charge in [0.25, 0.3) is 0 Å². The summed E-state index contributed by atoms with van der Waals surface area (Å²) in [5, 5.41) is 19.4. The fraction of sp³-hybridized carbons (Fsp3) is 0.647. The third-order valence-electron chi connectivity index (χ3n) is 3.89. The van der Waals surface area contributed by atoms with Crippen molar-refractivity contribution in [3.63, 3.8) is 0 Å². The maximum atomic E-state index is 9.68. The summed E-state index contributed by atoms with van der Waals surface area (Å²) in [6.07, 6.45) is 2.22. The molecule has 0 saturated heterocycles. The Morgan fingerprint density at radius 2 is 1.45 bits per heavy atom. The lowest BCUT2D eigenvalue weighted by molar-refractivity contribution is 0.118. The molecule has 1 unspecified atom stereocenters. The Balaban J connectivity index is 3.04. The van der Waals surface area contributed by atoms with Crippen LogP contribution in [0.4, 0.5) is 0 Å². The molecule has 0 aliphatic rings. The molecule has 0 aromatic heterocycles.